The molecule has 1 aliphatic rings. The number of hydrogen-bond acceptors (Lipinski definition) is 5. The van der Waals surface area contributed by atoms with Crippen molar-refractivity contribution in [1.82, 2.24) is 15.0 Å². The Hall–Kier alpha value is -1.43. The van der Waals surface area contributed by atoms with Gasteiger partial charge >= 0.3 is 5.97 Å². The van der Waals surface area contributed by atoms with Crippen LogP contribution in [0, 0.1) is 0 Å². The highest BCUT2D eigenvalue weighted by atomic mass is 16.5. The van der Waals surface area contributed by atoms with E-state index in [2.05, 4.69) is 15.0 Å². The molecule has 6 nitrogen and oxygen atoms in total. The van der Waals surface area contributed by atoms with Gasteiger partial charge in [-0.2, -0.15) is 0 Å². The Morgan fingerprint density at radius 3 is 3.00 bits per heavy atom. The Morgan fingerprint density at radius 1 is 1.56 bits per heavy atom. The molecule has 1 N–H and O–H groups in total. The first kappa shape index (κ1) is 11.1. The fourth-order valence-corrected chi connectivity index (χ4v) is 2.04. The summed E-state index contributed by atoms with van der Waals surface area (Å²) in [4.78, 5) is 11.2. The lowest BCUT2D eigenvalue weighted by atomic mass is 9.93. The van der Waals surface area contributed by atoms with Crippen LogP contribution in [0.25, 0.3) is 0 Å². The van der Waals surface area contributed by atoms with Crippen molar-refractivity contribution in [2.45, 2.75) is 37.8 Å². The Kier molecular flexibility index (Phi) is 3.19. The molecule has 6 heteroatoms. The van der Waals surface area contributed by atoms with Gasteiger partial charge in [0.15, 0.2) is 5.69 Å². The number of nitrogens with zero attached hydrogens (tertiary/aromatic N) is 3. The monoisotopic (exact) mass is 225 g/mol. The highest BCUT2D eigenvalue weighted by Gasteiger charge is 2.26. The van der Waals surface area contributed by atoms with E-state index in [9.17, 15) is 9.90 Å². The maximum Gasteiger partial charge on any atom is 0.360 e. The molecule has 16 heavy (non-hydrogen) atoms. The normalized spacial score (nSPS) is 25.4. The molecule has 0 aromatic carbocycles. The van der Waals surface area contributed by atoms with Crippen LogP contribution in [0.1, 0.15) is 42.2 Å². The third kappa shape index (κ3) is 2.06. The molecule has 0 radical (unpaired) electrons. The molecule has 0 amide bonds. The van der Waals surface area contributed by atoms with E-state index in [4.69, 9.17) is 0 Å². The van der Waals surface area contributed by atoms with Crippen LogP contribution in [-0.4, -0.2) is 39.3 Å². The predicted octanol–water partition coefficient (Wildman–Crippen LogP) is 0.541. The van der Waals surface area contributed by atoms with Crippen molar-refractivity contribution < 1.29 is 14.6 Å². The lowest BCUT2D eigenvalue weighted by Crippen LogP contribution is -2.27. The number of carbonyl (C=O) groups excluding carboxylic acids is 1. The molecule has 88 valence electrons. The minimum atomic E-state index is -0.503. The van der Waals surface area contributed by atoms with Gasteiger partial charge in [-0.05, 0) is 12.8 Å². The second-order valence-corrected chi connectivity index (χ2v) is 3.99. The molecule has 1 aromatic heterocycles. The van der Waals surface area contributed by atoms with Crippen molar-refractivity contribution in [2.24, 2.45) is 0 Å². The van der Waals surface area contributed by atoms with E-state index in [-0.39, 0.29) is 11.7 Å². The fourth-order valence-electron chi connectivity index (χ4n) is 2.04. The van der Waals surface area contributed by atoms with Crippen LogP contribution in [0.15, 0.2) is 6.20 Å². The number of methoxy groups -OCH3 is 1. The summed E-state index contributed by atoms with van der Waals surface area (Å²) < 4.78 is 6.11. The zero-order valence-electron chi connectivity index (χ0n) is 9.17. The van der Waals surface area contributed by atoms with E-state index in [1.807, 2.05) is 0 Å². The highest BCUT2D eigenvalue weighted by molar-refractivity contribution is 5.86. The minimum absolute atomic E-state index is 0.0698. The summed E-state index contributed by atoms with van der Waals surface area (Å²) in [7, 11) is 1.30. The van der Waals surface area contributed by atoms with E-state index in [0.717, 1.165) is 25.7 Å². The number of aromatic nitrogens is 3. The summed E-state index contributed by atoms with van der Waals surface area (Å²) in [5.74, 6) is -0.503. The van der Waals surface area contributed by atoms with E-state index >= 15 is 0 Å². The molecule has 1 aromatic rings. The van der Waals surface area contributed by atoms with Crippen molar-refractivity contribution in [2.75, 3.05) is 7.11 Å². The number of carbonyl (C=O) groups is 1. The molecule has 2 rings (SSSR count). The summed E-state index contributed by atoms with van der Waals surface area (Å²) in [6.45, 7) is 0. The maximum absolute atomic E-state index is 11.2. The lowest BCUT2D eigenvalue weighted by molar-refractivity contribution is 0.0591. The molecule has 1 aliphatic carbocycles. The van der Waals surface area contributed by atoms with Crippen LogP contribution in [-0.2, 0) is 4.74 Å². The van der Waals surface area contributed by atoms with Crippen molar-refractivity contribution in [1.29, 1.82) is 0 Å². The van der Waals surface area contributed by atoms with Gasteiger partial charge in [0.05, 0.1) is 25.5 Å². The summed E-state index contributed by atoms with van der Waals surface area (Å²) in [6, 6.07) is -0.0698. The van der Waals surface area contributed by atoms with Crippen LogP contribution in [0.4, 0.5) is 0 Å². The quantitative estimate of drug-likeness (QED) is 0.743. The van der Waals surface area contributed by atoms with Crippen LogP contribution >= 0.6 is 0 Å². The molecule has 1 fully saturated rings. The number of aliphatic hydroxyl groups excluding tert-OH is 1. The first-order valence-corrected chi connectivity index (χ1v) is 5.40. The average Bonchev–Trinajstić information content (AvgIpc) is 2.78. The van der Waals surface area contributed by atoms with Gasteiger partial charge in [-0.1, -0.05) is 18.1 Å². The Labute approximate surface area is 93.2 Å². The average molecular weight is 225 g/mol. The largest absolute Gasteiger partial charge is 0.464 e. The Morgan fingerprint density at radius 2 is 2.31 bits per heavy atom. The van der Waals surface area contributed by atoms with E-state index in [1.54, 1.807) is 4.68 Å². The topological polar surface area (TPSA) is 77.2 Å². The van der Waals surface area contributed by atoms with Crippen molar-refractivity contribution in [3.8, 4) is 0 Å². The highest BCUT2D eigenvalue weighted by Crippen LogP contribution is 2.27. The summed E-state index contributed by atoms with van der Waals surface area (Å²) in [5.41, 5.74) is 0.181. The minimum Gasteiger partial charge on any atom is -0.464 e. The molecule has 2 atom stereocenters. The standard InChI is InChI=1S/C10H15N3O3/c1-16-10(15)7-6-13(12-11-7)8-4-2-3-5-9(8)14/h6,8-9,14H,2-5H2,1H3/t8-,9+/m1/s1. The first-order valence-electron chi connectivity index (χ1n) is 5.40. The molecule has 0 aliphatic heterocycles. The summed E-state index contributed by atoms with van der Waals surface area (Å²) in [6.07, 6.45) is 4.88. The Bertz CT molecular complexity index is 377. The van der Waals surface area contributed by atoms with Crippen molar-refractivity contribution in [3.63, 3.8) is 0 Å². The smallest absolute Gasteiger partial charge is 0.360 e. The van der Waals surface area contributed by atoms with E-state index in [0.29, 0.717) is 0 Å². The van der Waals surface area contributed by atoms with E-state index < -0.39 is 12.1 Å². The second kappa shape index (κ2) is 4.61. The zero-order chi connectivity index (χ0) is 11.5. The molecule has 0 saturated heterocycles. The number of rotatable bonds is 2. The molecular weight excluding hydrogens is 210 g/mol. The number of hydrogen-bond donors (Lipinski definition) is 1. The van der Waals surface area contributed by atoms with Gasteiger partial charge in [0, 0.05) is 0 Å². The third-order valence-corrected chi connectivity index (χ3v) is 2.94. The predicted molar refractivity (Wildman–Crippen MR) is 54.9 cm³/mol. The number of ether oxygens (including phenoxy) is 1. The summed E-state index contributed by atoms with van der Waals surface area (Å²) >= 11 is 0. The lowest BCUT2D eigenvalue weighted by Gasteiger charge is -2.26. The van der Waals surface area contributed by atoms with Gasteiger partial charge in [-0.15, -0.1) is 5.10 Å². The number of esters is 1. The molecule has 0 bridgehead atoms. The number of aliphatic hydroxyl groups is 1. The maximum atomic E-state index is 11.2. The zero-order valence-corrected chi connectivity index (χ0v) is 9.17. The van der Waals surface area contributed by atoms with Gasteiger partial charge in [0.2, 0.25) is 0 Å². The van der Waals surface area contributed by atoms with Gasteiger partial charge in [0.25, 0.3) is 0 Å². The van der Waals surface area contributed by atoms with E-state index in [1.165, 1.54) is 13.3 Å². The van der Waals surface area contributed by atoms with Crippen LogP contribution < -0.4 is 0 Å². The fraction of sp³-hybridized carbons (Fsp3) is 0.700. The second-order valence-electron chi connectivity index (χ2n) is 3.99. The van der Waals surface area contributed by atoms with Gasteiger partial charge in [-0.25, -0.2) is 9.48 Å². The molecule has 0 unspecified atom stereocenters. The summed E-state index contributed by atoms with van der Waals surface area (Å²) in [5, 5.41) is 17.4. The first-order chi connectivity index (χ1) is 7.72. The van der Waals surface area contributed by atoms with Crippen LogP contribution in [0.2, 0.25) is 0 Å². The SMILES string of the molecule is COC(=O)c1cn([C@@H]2CCCC[C@@H]2O)nn1. The van der Waals surface area contributed by atoms with Crippen molar-refractivity contribution >= 4 is 5.97 Å². The van der Waals surface area contributed by atoms with Gasteiger partial charge in [-0.3, -0.25) is 0 Å². The van der Waals surface area contributed by atoms with Crippen LogP contribution in [0.5, 0.6) is 0 Å². The molecule has 1 saturated carbocycles. The van der Waals surface area contributed by atoms with Crippen molar-refractivity contribution in [3.05, 3.63) is 11.9 Å². The third-order valence-electron chi connectivity index (χ3n) is 2.94. The van der Waals surface area contributed by atoms with Gasteiger partial charge in [0.1, 0.15) is 0 Å². The molecule has 1 heterocycles. The molecule has 0 spiro atoms. The van der Waals surface area contributed by atoms with Crippen LogP contribution in [0.3, 0.4) is 0 Å². The Balaban J connectivity index is 2.14. The molecular formula is C10H15N3O3. The van der Waals surface area contributed by atoms with Gasteiger partial charge < -0.3 is 9.84 Å².